The normalized spacial score (nSPS) is 14.2. The summed E-state index contributed by atoms with van der Waals surface area (Å²) in [6.07, 6.45) is -3.65. The first-order chi connectivity index (χ1) is 14.3. The second-order valence-corrected chi connectivity index (χ2v) is 7.48. The topological polar surface area (TPSA) is 53.1 Å². The fraction of sp³-hybridized carbons (Fsp3) is 0.238. The molecule has 0 saturated heterocycles. The quantitative estimate of drug-likeness (QED) is 0.603. The Morgan fingerprint density at radius 2 is 1.83 bits per heavy atom. The molecule has 3 aromatic rings. The van der Waals surface area contributed by atoms with Crippen molar-refractivity contribution in [2.24, 2.45) is 0 Å². The first kappa shape index (κ1) is 20.4. The Balaban J connectivity index is 1.65. The molecule has 156 valence electrons. The molecule has 2 aromatic carbocycles. The lowest BCUT2D eigenvalue weighted by molar-refractivity contribution is -0.137. The number of rotatable bonds is 4. The molecule has 0 amide bonds. The van der Waals surface area contributed by atoms with Crippen LogP contribution in [0.2, 0.25) is 0 Å². The molecule has 0 radical (unpaired) electrons. The molecule has 0 unspecified atom stereocenters. The van der Waals surface area contributed by atoms with E-state index >= 15 is 0 Å². The van der Waals surface area contributed by atoms with E-state index in [0.29, 0.717) is 24.6 Å². The van der Waals surface area contributed by atoms with E-state index in [1.807, 2.05) is 30.3 Å². The van der Waals surface area contributed by atoms with Gasteiger partial charge in [0.05, 0.1) is 23.5 Å². The molecule has 0 spiro atoms. The summed E-state index contributed by atoms with van der Waals surface area (Å²) in [6, 6.07) is 14.9. The molecule has 1 aliphatic rings. The maximum absolute atomic E-state index is 13.1. The summed E-state index contributed by atoms with van der Waals surface area (Å²) >= 11 is 5.26. The first-order valence-corrected chi connectivity index (χ1v) is 9.80. The fourth-order valence-corrected chi connectivity index (χ4v) is 3.82. The van der Waals surface area contributed by atoms with Crippen LogP contribution in [-0.2, 0) is 19.1 Å². The third kappa shape index (κ3) is 4.17. The van der Waals surface area contributed by atoms with E-state index in [4.69, 9.17) is 12.2 Å². The molecular weight excluding hydrogens is 413 g/mol. The van der Waals surface area contributed by atoms with Crippen LogP contribution in [0.1, 0.15) is 16.7 Å². The van der Waals surface area contributed by atoms with Crippen molar-refractivity contribution in [2.45, 2.75) is 19.1 Å². The van der Waals surface area contributed by atoms with Gasteiger partial charge in [-0.05, 0) is 42.4 Å². The van der Waals surface area contributed by atoms with Crippen molar-refractivity contribution in [3.05, 3.63) is 86.4 Å². The Bertz CT molecular complexity index is 1170. The van der Waals surface area contributed by atoms with E-state index in [2.05, 4.69) is 15.2 Å². The van der Waals surface area contributed by atoms with Crippen LogP contribution in [0.3, 0.4) is 0 Å². The van der Waals surface area contributed by atoms with Crippen LogP contribution in [-0.4, -0.2) is 27.7 Å². The van der Waals surface area contributed by atoms with Gasteiger partial charge in [0.25, 0.3) is 5.56 Å². The van der Waals surface area contributed by atoms with Crippen molar-refractivity contribution < 1.29 is 13.2 Å². The molecule has 0 aliphatic carbocycles. The number of fused-ring (bicyclic) bond motifs is 1. The highest BCUT2D eigenvalue weighted by molar-refractivity contribution is 7.71. The molecule has 1 aromatic heterocycles. The number of nitrogens with zero attached hydrogens (tertiary/aromatic N) is 2. The van der Waals surface area contributed by atoms with Gasteiger partial charge in [-0.3, -0.25) is 19.2 Å². The molecule has 0 atom stereocenters. The number of halogens is 3. The highest BCUT2D eigenvalue weighted by Crippen LogP contribution is 2.31. The van der Waals surface area contributed by atoms with Crippen molar-refractivity contribution >= 4 is 18.0 Å². The SMILES string of the molecule is O=c1[nH]c(=S)n(-c2cccc(C(F)(F)F)c2)c2c1CN(CCc1ccccc1)CN2. The van der Waals surface area contributed by atoms with E-state index in [1.165, 1.54) is 22.3 Å². The van der Waals surface area contributed by atoms with Crippen LogP contribution < -0.4 is 10.9 Å². The number of hydrogen-bond acceptors (Lipinski definition) is 4. The van der Waals surface area contributed by atoms with Crippen molar-refractivity contribution in [1.82, 2.24) is 14.5 Å². The van der Waals surface area contributed by atoms with E-state index < -0.39 is 11.7 Å². The molecule has 1 aliphatic heterocycles. The highest BCUT2D eigenvalue weighted by Gasteiger charge is 2.31. The minimum Gasteiger partial charge on any atom is -0.358 e. The largest absolute Gasteiger partial charge is 0.416 e. The maximum Gasteiger partial charge on any atom is 0.416 e. The Labute approximate surface area is 175 Å². The second kappa shape index (κ2) is 8.08. The number of anilines is 1. The Morgan fingerprint density at radius 3 is 2.57 bits per heavy atom. The molecule has 30 heavy (non-hydrogen) atoms. The highest BCUT2D eigenvalue weighted by atomic mass is 32.1. The zero-order valence-electron chi connectivity index (χ0n) is 15.9. The lowest BCUT2D eigenvalue weighted by atomic mass is 10.1. The smallest absolute Gasteiger partial charge is 0.358 e. The third-order valence-corrected chi connectivity index (χ3v) is 5.33. The summed E-state index contributed by atoms with van der Waals surface area (Å²) in [6.45, 7) is 1.56. The second-order valence-electron chi connectivity index (χ2n) is 7.09. The number of hydrogen-bond donors (Lipinski definition) is 2. The molecule has 9 heteroatoms. The molecule has 0 bridgehead atoms. The van der Waals surface area contributed by atoms with Gasteiger partial charge in [0.15, 0.2) is 4.77 Å². The van der Waals surface area contributed by atoms with Gasteiger partial charge in [-0.25, -0.2) is 0 Å². The fourth-order valence-electron chi connectivity index (χ4n) is 3.53. The van der Waals surface area contributed by atoms with Crippen LogP contribution >= 0.6 is 12.2 Å². The van der Waals surface area contributed by atoms with Crippen molar-refractivity contribution in [3.8, 4) is 5.69 Å². The number of H-pyrrole nitrogens is 1. The lowest BCUT2D eigenvalue weighted by Crippen LogP contribution is -2.40. The van der Waals surface area contributed by atoms with Crippen LogP contribution in [0.5, 0.6) is 0 Å². The van der Waals surface area contributed by atoms with Crippen LogP contribution in [0, 0.1) is 4.77 Å². The summed E-state index contributed by atoms with van der Waals surface area (Å²) in [7, 11) is 0. The predicted octanol–water partition coefficient (Wildman–Crippen LogP) is 4.34. The van der Waals surface area contributed by atoms with Gasteiger partial charge in [-0.15, -0.1) is 0 Å². The molecule has 2 N–H and O–H groups in total. The average Bonchev–Trinajstić information content (AvgIpc) is 2.73. The molecule has 4 rings (SSSR count). The van der Waals surface area contributed by atoms with Gasteiger partial charge in [-0.2, -0.15) is 13.2 Å². The van der Waals surface area contributed by atoms with Gasteiger partial charge in [0, 0.05) is 13.1 Å². The number of nitrogens with one attached hydrogen (secondary N) is 2. The number of benzene rings is 2. The van der Waals surface area contributed by atoms with Crippen molar-refractivity contribution in [3.63, 3.8) is 0 Å². The summed E-state index contributed by atoms with van der Waals surface area (Å²) in [5.74, 6) is 0.430. The molecule has 5 nitrogen and oxygen atoms in total. The van der Waals surface area contributed by atoms with E-state index in [-0.39, 0.29) is 16.0 Å². The summed E-state index contributed by atoms with van der Waals surface area (Å²) in [5.41, 5.74) is 0.766. The van der Waals surface area contributed by atoms with E-state index in [0.717, 1.165) is 25.1 Å². The third-order valence-electron chi connectivity index (χ3n) is 5.05. The monoisotopic (exact) mass is 432 g/mol. The number of alkyl halides is 3. The maximum atomic E-state index is 13.1. The number of aromatic amines is 1. The van der Waals surface area contributed by atoms with Crippen molar-refractivity contribution in [2.75, 3.05) is 18.5 Å². The summed E-state index contributed by atoms with van der Waals surface area (Å²) in [4.78, 5) is 17.2. The molecule has 0 saturated carbocycles. The Kier molecular flexibility index (Phi) is 5.48. The van der Waals surface area contributed by atoms with Crippen LogP contribution in [0.4, 0.5) is 19.0 Å². The lowest BCUT2D eigenvalue weighted by Gasteiger charge is -2.31. The standard InChI is InChI=1S/C21H19F3N4OS/c22-21(23,24)15-7-4-8-16(11-15)28-18-17(19(29)26-20(28)30)12-27(13-25-18)10-9-14-5-2-1-3-6-14/h1-8,11,25H,9-10,12-13H2,(H,26,29,30). The average molecular weight is 432 g/mol. The number of aromatic nitrogens is 2. The van der Waals surface area contributed by atoms with Gasteiger partial charge in [0.2, 0.25) is 0 Å². The zero-order valence-corrected chi connectivity index (χ0v) is 16.7. The van der Waals surface area contributed by atoms with Gasteiger partial charge in [0.1, 0.15) is 5.82 Å². The summed E-state index contributed by atoms with van der Waals surface area (Å²) in [5, 5.41) is 3.18. The zero-order chi connectivity index (χ0) is 21.3. The Morgan fingerprint density at radius 1 is 1.07 bits per heavy atom. The van der Waals surface area contributed by atoms with Crippen molar-refractivity contribution in [1.29, 1.82) is 0 Å². The molecule has 0 fully saturated rings. The predicted molar refractivity (Wildman–Crippen MR) is 111 cm³/mol. The minimum absolute atomic E-state index is 0.0447. The molecule has 2 heterocycles. The van der Waals surface area contributed by atoms with E-state index in [9.17, 15) is 18.0 Å². The van der Waals surface area contributed by atoms with Gasteiger partial charge >= 0.3 is 6.18 Å². The minimum atomic E-state index is -4.47. The Hall–Kier alpha value is -2.91. The van der Waals surface area contributed by atoms with E-state index in [1.54, 1.807) is 0 Å². The van der Waals surface area contributed by atoms with Gasteiger partial charge < -0.3 is 5.32 Å². The van der Waals surface area contributed by atoms with Crippen LogP contribution in [0.25, 0.3) is 5.69 Å². The van der Waals surface area contributed by atoms with Gasteiger partial charge in [-0.1, -0.05) is 36.4 Å². The molecular formula is C21H19F3N4OS. The van der Waals surface area contributed by atoms with Crippen LogP contribution in [0.15, 0.2) is 59.4 Å². The first-order valence-electron chi connectivity index (χ1n) is 9.39. The summed E-state index contributed by atoms with van der Waals surface area (Å²) < 4.78 is 40.9.